The molecule has 0 amide bonds. The van der Waals surface area contributed by atoms with E-state index in [1.54, 1.807) is 0 Å². The molecule has 0 aromatic carbocycles. The van der Waals surface area contributed by atoms with Crippen LogP contribution in [0.25, 0.3) is 4.85 Å². The Bertz CT molecular complexity index is 93.2. The lowest BCUT2D eigenvalue weighted by Crippen LogP contribution is -2.03. The van der Waals surface area contributed by atoms with Gasteiger partial charge in [0.1, 0.15) is 0 Å². The molecule has 1 N–H and O–H groups in total. The monoisotopic (exact) mass is 113 g/mol. The maximum absolute atomic E-state index is 8.67. The SMILES string of the molecule is [C-]#[N+]C(O)CC(C)C. The lowest BCUT2D eigenvalue weighted by atomic mass is 10.1. The highest BCUT2D eigenvalue weighted by Gasteiger charge is 2.07. The van der Waals surface area contributed by atoms with Crippen molar-refractivity contribution in [3.05, 3.63) is 11.4 Å². The summed E-state index contributed by atoms with van der Waals surface area (Å²) in [6.07, 6.45) is -0.196. The largest absolute Gasteiger partial charge is 0.326 e. The minimum atomic E-state index is -0.782. The van der Waals surface area contributed by atoms with Gasteiger partial charge < -0.3 is 5.11 Å². The Kier molecular flexibility index (Phi) is 3.21. The van der Waals surface area contributed by atoms with Gasteiger partial charge in [-0.25, -0.2) is 6.57 Å². The number of nitrogens with zero attached hydrogens (tertiary/aromatic N) is 1. The fourth-order valence-corrected chi connectivity index (χ4v) is 0.474. The standard InChI is InChI=1S/C6H11NO/c1-5(2)4-6(8)7-3/h5-6,8H,4H2,1-2H3. The van der Waals surface area contributed by atoms with Gasteiger partial charge >= 0.3 is 6.23 Å². The highest BCUT2D eigenvalue weighted by atomic mass is 16.3. The summed E-state index contributed by atoms with van der Waals surface area (Å²) >= 11 is 0. The van der Waals surface area contributed by atoms with Crippen LogP contribution in [-0.2, 0) is 0 Å². The molecule has 8 heavy (non-hydrogen) atoms. The van der Waals surface area contributed by atoms with E-state index in [1.165, 1.54) is 0 Å². The van der Waals surface area contributed by atoms with Crippen LogP contribution in [-0.4, -0.2) is 11.3 Å². The molecule has 0 aliphatic heterocycles. The van der Waals surface area contributed by atoms with Crippen molar-refractivity contribution in [1.29, 1.82) is 0 Å². The Morgan fingerprint density at radius 2 is 2.12 bits per heavy atom. The van der Waals surface area contributed by atoms with Gasteiger partial charge in [0.2, 0.25) is 0 Å². The van der Waals surface area contributed by atoms with E-state index in [0.29, 0.717) is 12.3 Å². The normalized spacial score (nSPS) is 13.4. The van der Waals surface area contributed by atoms with Crippen LogP contribution in [0.3, 0.4) is 0 Å². The number of rotatable bonds is 2. The Hall–Kier alpha value is -0.550. The van der Waals surface area contributed by atoms with Gasteiger partial charge in [-0.1, -0.05) is 13.8 Å². The van der Waals surface area contributed by atoms with E-state index in [4.69, 9.17) is 11.7 Å². The molecule has 46 valence electrons. The molecule has 2 heteroatoms. The van der Waals surface area contributed by atoms with Crippen LogP contribution in [0, 0.1) is 12.5 Å². The predicted octanol–water partition coefficient (Wildman–Crippen LogP) is 1.27. The van der Waals surface area contributed by atoms with Crippen molar-refractivity contribution < 1.29 is 5.11 Å². The summed E-state index contributed by atoms with van der Waals surface area (Å²) in [5, 5.41) is 8.67. The molecular formula is C6H11NO. The molecule has 0 aliphatic carbocycles. The van der Waals surface area contributed by atoms with Crippen LogP contribution in [0.5, 0.6) is 0 Å². The zero-order valence-electron chi connectivity index (χ0n) is 5.26. The quantitative estimate of drug-likeness (QED) is 0.536. The van der Waals surface area contributed by atoms with Crippen molar-refractivity contribution in [2.24, 2.45) is 5.92 Å². The number of aliphatic hydroxyl groups excluding tert-OH is 1. The van der Waals surface area contributed by atoms with Crippen LogP contribution >= 0.6 is 0 Å². The summed E-state index contributed by atoms with van der Waals surface area (Å²) < 4.78 is 0. The van der Waals surface area contributed by atoms with E-state index in [-0.39, 0.29) is 0 Å². The molecule has 2 nitrogen and oxygen atoms in total. The van der Waals surface area contributed by atoms with Crippen molar-refractivity contribution in [2.75, 3.05) is 0 Å². The molecule has 0 aliphatic rings. The molecule has 0 radical (unpaired) electrons. The van der Waals surface area contributed by atoms with Crippen molar-refractivity contribution >= 4 is 0 Å². The third-order valence-electron chi connectivity index (χ3n) is 0.831. The average Bonchev–Trinajstić information content (AvgIpc) is 1.65. The molecule has 0 rings (SSSR count). The van der Waals surface area contributed by atoms with Gasteiger partial charge in [-0.3, -0.25) is 4.85 Å². The molecule has 0 saturated carbocycles. The summed E-state index contributed by atoms with van der Waals surface area (Å²) in [6, 6.07) is 0. The lowest BCUT2D eigenvalue weighted by Gasteiger charge is -1.99. The maximum Gasteiger partial charge on any atom is 0.325 e. The van der Waals surface area contributed by atoms with Crippen LogP contribution in [0.1, 0.15) is 20.3 Å². The first kappa shape index (κ1) is 7.45. The average molecular weight is 113 g/mol. The molecule has 1 atom stereocenters. The van der Waals surface area contributed by atoms with Crippen molar-refractivity contribution in [3.63, 3.8) is 0 Å². The second kappa shape index (κ2) is 3.45. The summed E-state index contributed by atoms with van der Waals surface area (Å²) in [7, 11) is 0. The molecule has 0 aromatic heterocycles. The lowest BCUT2D eigenvalue weighted by molar-refractivity contribution is 0.192. The van der Waals surface area contributed by atoms with Gasteiger partial charge in [-0.2, -0.15) is 0 Å². The first-order chi connectivity index (χ1) is 3.66. The second-order valence-corrected chi connectivity index (χ2v) is 2.24. The smallest absolute Gasteiger partial charge is 0.325 e. The van der Waals surface area contributed by atoms with Gasteiger partial charge in [0.05, 0.1) is 6.42 Å². The Morgan fingerprint density at radius 3 is 2.25 bits per heavy atom. The van der Waals surface area contributed by atoms with Crippen molar-refractivity contribution in [3.8, 4) is 0 Å². The molecule has 0 spiro atoms. The summed E-state index contributed by atoms with van der Waals surface area (Å²) in [5.74, 6) is 0.416. The van der Waals surface area contributed by atoms with E-state index in [2.05, 4.69) is 4.85 Å². The van der Waals surface area contributed by atoms with Crippen LogP contribution < -0.4 is 0 Å². The zero-order chi connectivity index (χ0) is 6.57. The molecule has 0 bridgehead atoms. The van der Waals surface area contributed by atoms with Gasteiger partial charge in [-0.05, 0) is 5.92 Å². The highest BCUT2D eigenvalue weighted by molar-refractivity contribution is 4.66. The van der Waals surface area contributed by atoms with E-state index in [0.717, 1.165) is 0 Å². The fourth-order valence-electron chi connectivity index (χ4n) is 0.474. The molecule has 0 heterocycles. The molecular weight excluding hydrogens is 102 g/mol. The van der Waals surface area contributed by atoms with Crippen LogP contribution in [0.15, 0.2) is 0 Å². The van der Waals surface area contributed by atoms with Crippen molar-refractivity contribution in [2.45, 2.75) is 26.5 Å². The third kappa shape index (κ3) is 3.63. The zero-order valence-corrected chi connectivity index (χ0v) is 5.26. The van der Waals surface area contributed by atoms with Crippen LogP contribution in [0.2, 0.25) is 0 Å². The second-order valence-electron chi connectivity index (χ2n) is 2.24. The van der Waals surface area contributed by atoms with Gasteiger partial charge in [0, 0.05) is 0 Å². The molecule has 0 saturated heterocycles. The molecule has 0 fully saturated rings. The van der Waals surface area contributed by atoms with Crippen LogP contribution in [0.4, 0.5) is 0 Å². The highest BCUT2D eigenvalue weighted by Crippen LogP contribution is 2.03. The Labute approximate surface area is 50.0 Å². The molecule has 1 unspecified atom stereocenters. The topological polar surface area (TPSA) is 24.6 Å². The van der Waals surface area contributed by atoms with Gasteiger partial charge in [0.25, 0.3) is 0 Å². The summed E-state index contributed by atoms with van der Waals surface area (Å²) in [6.45, 7) is 10.3. The third-order valence-corrected chi connectivity index (χ3v) is 0.831. The van der Waals surface area contributed by atoms with Gasteiger partial charge in [0.15, 0.2) is 0 Å². The Balaban J connectivity index is 3.28. The van der Waals surface area contributed by atoms with E-state index < -0.39 is 6.23 Å². The molecule has 0 aromatic rings. The summed E-state index contributed by atoms with van der Waals surface area (Å²) in [5.41, 5.74) is 0. The summed E-state index contributed by atoms with van der Waals surface area (Å²) in [4.78, 5) is 2.93. The number of hydrogen-bond donors (Lipinski definition) is 1. The number of aliphatic hydroxyl groups is 1. The van der Waals surface area contributed by atoms with E-state index in [9.17, 15) is 0 Å². The fraction of sp³-hybridized carbons (Fsp3) is 0.833. The Morgan fingerprint density at radius 1 is 1.62 bits per heavy atom. The first-order valence-electron chi connectivity index (χ1n) is 2.71. The minimum Gasteiger partial charge on any atom is -0.326 e. The maximum atomic E-state index is 8.67. The van der Waals surface area contributed by atoms with E-state index >= 15 is 0 Å². The first-order valence-corrected chi connectivity index (χ1v) is 2.71. The van der Waals surface area contributed by atoms with E-state index in [1.807, 2.05) is 13.8 Å². The minimum absolute atomic E-state index is 0.416. The van der Waals surface area contributed by atoms with Crippen molar-refractivity contribution in [1.82, 2.24) is 0 Å². The predicted molar refractivity (Wildman–Crippen MR) is 32.1 cm³/mol. The van der Waals surface area contributed by atoms with Gasteiger partial charge in [-0.15, -0.1) is 0 Å². The number of hydrogen-bond acceptors (Lipinski definition) is 1.